The second-order valence-corrected chi connectivity index (χ2v) is 10.6. The summed E-state index contributed by atoms with van der Waals surface area (Å²) in [4.78, 5) is 32.1. The van der Waals surface area contributed by atoms with Crippen LogP contribution in [0.5, 0.6) is 5.75 Å². The summed E-state index contributed by atoms with van der Waals surface area (Å²) in [5.74, 6) is 0.177. The number of aromatic nitrogens is 1. The summed E-state index contributed by atoms with van der Waals surface area (Å²) in [6.07, 6.45) is 1.82. The highest BCUT2D eigenvalue weighted by Crippen LogP contribution is 2.31. The van der Waals surface area contributed by atoms with Crippen LogP contribution in [0, 0.1) is 6.92 Å². The lowest BCUT2D eigenvalue weighted by atomic mass is 9.95. The summed E-state index contributed by atoms with van der Waals surface area (Å²) in [5.41, 5.74) is 4.33. The van der Waals surface area contributed by atoms with Gasteiger partial charge in [-0.25, -0.2) is 9.79 Å². The van der Waals surface area contributed by atoms with Crippen molar-refractivity contribution >= 4 is 35.0 Å². The van der Waals surface area contributed by atoms with E-state index in [0.29, 0.717) is 38.0 Å². The molecule has 1 aliphatic rings. The van der Waals surface area contributed by atoms with Gasteiger partial charge in [-0.2, -0.15) is 0 Å². The van der Waals surface area contributed by atoms with Crippen LogP contribution in [0.2, 0.25) is 5.02 Å². The Hall–Kier alpha value is -3.94. The summed E-state index contributed by atoms with van der Waals surface area (Å²) in [7, 11) is 0. The number of halogens is 1. The Morgan fingerprint density at radius 3 is 2.49 bits per heavy atom. The molecule has 0 radical (unpaired) electrons. The van der Waals surface area contributed by atoms with Crippen LogP contribution in [-0.2, 0) is 16.1 Å². The van der Waals surface area contributed by atoms with Gasteiger partial charge >= 0.3 is 5.97 Å². The number of ether oxygens (including phenoxy) is 2. The average Bonchev–Trinajstić information content (AvgIpc) is 3.23. The molecule has 0 saturated heterocycles. The zero-order valence-electron chi connectivity index (χ0n) is 21.8. The van der Waals surface area contributed by atoms with E-state index in [1.807, 2.05) is 85.8 Å². The average molecular weight is 559 g/mol. The van der Waals surface area contributed by atoms with Gasteiger partial charge in [0.15, 0.2) is 4.80 Å². The van der Waals surface area contributed by atoms with Crippen LogP contribution in [0.25, 0.3) is 6.08 Å². The molecule has 0 N–H and O–H groups in total. The number of esters is 1. The third-order valence-corrected chi connectivity index (χ3v) is 7.66. The van der Waals surface area contributed by atoms with E-state index in [9.17, 15) is 9.59 Å². The fourth-order valence-corrected chi connectivity index (χ4v) is 5.63. The van der Waals surface area contributed by atoms with Crippen molar-refractivity contribution in [3.63, 3.8) is 0 Å². The predicted octanol–water partition coefficient (Wildman–Crippen LogP) is 5.34. The van der Waals surface area contributed by atoms with Gasteiger partial charge in [-0.05, 0) is 56.2 Å². The normalized spacial score (nSPS) is 15.1. The number of thiazole rings is 1. The highest BCUT2D eigenvalue weighted by atomic mass is 35.5. The highest BCUT2D eigenvalue weighted by molar-refractivity contribution is 7.07. The number of hydrogen-bond donors (Lipinski definition) is 0. The number of fused-ring (bicyclic) bond motifs is 1. The van der Waals surface area contributed by atoms with Crippen LogP contribution < -0.4 is 19.6 Å². The van der Waals surface area contributed by atoms with Gasteiger partial charge in [0.05, 0.1) is 28.5 Å². The minimum Gasteiger partial charge on any atom is -0.488 e. The van der Waals surface area contributed by atoms with Gasteiger partial charge in [-0.3, -0.25) is 9.36 Å². The molecular formula is C31H27ClN2O4S. The molecule has 39 heavy (non-hydrogen) atoms. The standard InChI is InChI=1S/C31H27ClN2O4S/c1-4-37-30(36)27-20(3)33-31-34(28(27)22-13-9-19(2)10-14-22)29(35)26(39-31)17-23-7-5-6-8-25(23)38-18-21-11-15-24(32)16-12-21/h5-17,28H,4,18H2,1-3H3/b26-17-/t28-/m1/s1. The summed E-state index contributed by atoms with van der Waals surface area (Å²) in [6.45, 7) is 6.13. The van der Waals surface area contributed by atoms with Crippen molar-refractivity contribution in [1.29, 1.82) is 0 Å². The fraction of sp³-hybridized carbons (Fsp3) is 0.194. The first-order chi connectivity index (χ1) is 18.9. The number of allylic oxidation sites excluding steroid dienone is 1. The number of aryl methyl sites for hydroxylation is 1. The minimum absolute atomic E-state index is 0.230. The maximum atomic E-state index is 13.9. The number of hydrogen-bond acceptors (Lipinski definition) is 6. The van der Waals surface area contributed by atoms with Gasteiger partial charge < -0.3 is 9.47 Å². The lowest BCUT2D eigenvalue weighted by molar-refractivity contribution is -0.139. The molecule has 0 aliphatic carbocycles. The van der Waals surface area contributed by atoms with E-state index in [2.05, 4.69) is 4.99 Å². The third kappa shape index (κ3) is 5.60. The largest absolute Gasteiger partial charge is 0.488 e. The lowest BCUT2D eigenvalue weighted by Crippen LogP contribution is -2.39. The van der Waals surface area contributed by atoms with Crippen molar-refractivity contribution < 1.29 is 14.3 Å². The molecule has 0 unspecified atom stereocenters. The van der Waals surface area contributed by atoms with E-state index in [1.54, 1.807) is 18.4 Å². The number of carbonyl (C=O) groups is 1. The Morgan fingerprint density at radius 1 is 1.05 bits per heavy atom. The van der Waals surface area contributed by atoms with E-state index in [4.69, 9.17) is 21.1 Å². The second-order valence-electron chi connectivity index (χ2n) is 9.17. The highest BCUT2D eigenvalue weighted by Gasteiger charge is 2.33. The van der Waals surface area contributed by atoms with E-state index in [0.717, 1.165) is 22.3 Å². The van der Waals surface area contributed by atoms with Crippen molar-refractivity contribution in [1.82, 2.24) is 4.57 Å². The zero-order chi connectivity index (χ0) is 27.5. The van der Waals surface area contributed by atoms with Gasteiger partial charge in [0.2, 0.25) is 0 Å². The molecule has 1 aliphatic heterocycles. The Kier molecular flexibility index (Phi) is 7.82. The third-order valence-electron chi connectivity index (χ3n) is 6.42. The maximum Gasteiger partial charge on any atom is 0.338 e. The van der Waals surface area contributed by atoms with E-state index < -0.39 is 12.0 Å². The first-order valence-electron chi connectivity index (χ1n) is 12.6. The molecule has 6 nitrogen and oxygen atoms in total. The van der Waals surface area contributed by atoms with Crippen LogP contribution in [-0.4, -0.2) is 17.1 Å². The molecule has 4 aromatic rings. The quantitative estimate of drug-likeness (QED) is 0.287. The number of nitrogens with zero attached hydrogens (tertiary/aromatic N) is 2. The van der Waals surface area contributed by atoms with Crippen molar-refractivity contribution in [3.8, 4) is 5.75 Å². The lowest BCUT2D eigenvalue weighted by Gasteiger charge is -2.24. The Labute approximate surface area is 235 Å². The molecule has 198 valence electrons. The van der Waals surface area contributed by atoms with Crippen LogP contribution in [0.1, 0.15) is 42.1 Å². The molecule has 3 aromatic carbocycles. The molecule has 2 heterocycles. The van der Waals surface area contributed by atoms with Crippen LogP contribution in [0.4, 0.5) is 0 Å². The van der Waals surface area contributed by atoms with Crippen molar-refractivity contribution in [2.75, 3.05) is 6.61 Å². The zero-order valence-corrected chi connectivity index (χ0v) is 23.4. The molecule has 0 saturated carbocycles. The maximum absolute atomic E-state index is 13.9. The number of rotatable bonds is 7. The van der Waals surface area contributed by atoms with Crippen molar-refractivity contribution in [3.05, 3.63) is 131 Å². The van der Waals surface area contributed by atoms with Gasteiger partial charge in [-0.1, -0.05) is 83.1 Å². The summed E-state index contributed by atoms with van der Waals surface area (Å²) < 4.78 is 13.6. The molecule has 0 amide bonds. The van der Waals surface area contributed by atoms with Crippen molar-refractivity contribution in [2.24, 2.45) is 4.99 Å². The minimum atomic E-state index is -0.639. The van der Waals surface area contributed by atoms with Gasteiger partial charge in [0, 0.05) is 10.6 Å². The summed E-state index contributed by atoms with van der Waals surface area (Å²) in [6, 6.07) is 22.2. The van der Waals surface area contributed by atoms with E-state index in [1.165, 1.54) is 11.3 Å². The number of benzene rings is 3. The smallest absolute Gasteiger partial charge is 0.338 e. The SMILES string of the molecule is CCOC(=O)C1=C(C)N=c2s/c(=C\c3ccccc3OCc3ccc(Cl)cc3)c(=O)n2[C@@H]1c1ccc(C)cc1. The van der Waals surface area contributed by atoms with Gasteiger partial charge in [0.25, 0.3) is 5.56 Å². The van der Waals surface area contributed by atoms with E-state index in [-0.39, 0.29) is 12.2 Å². The van der Waals surface area contributed by atoms with Crippen LogP contribution in [0.3, 0.4) is 0 Å². The second kappa shape index (κ2) is 11.4. The Balaban J connectivity index is 1.59. The van der Waals surface area contributed by atoms with Gasteiger partial charge in [-0.15, -0.1) is 0 Å². The molecule has 0 fully saturated rings. The van der Waals surface area contributed by atoms with Gasteiger partial charge in [0.1, 0.15) is 12.4 Å². The number of para-hydroxylation sites is 1. The first kappa shape index (κ1) is 26.7. The van der Waals surface area contributed by atoms with E-state index >= 15 is 0 Å². The molecular weight excluding hydrogens is 532 g/mol. The summed E-state index contributed by atoms with van der Waals surface area (Å²) in [5, 5.41) is 0.666. The molecule has 1 aromatic heterocycles. The molecule has 5 rings (SSSR count). The first-order valence-corrected chi connectivity index (χ1v) is 13.8. The van der Waals surface area contributed by atoms with Crippen molar-refractivity contribution in [2.45, 2.75) is 33.4 Å². The molecule has 1 atom stereocenters. The molecule has 0 bridgehead atoms. The fourth-order valence-electron chi connectivity index (χ4n) is 4.47. The van der Waals surface area contributed by atoms with Crippen LogP contribution >= 0.6 is 22.9 Å². The predicted molar refractivity (Wildman–Crippen MR) is 154 cm³/mol. The molecule has 8 heteroatoms. The monoisotopic (exact) mass is 558 g/mol. The Bertz CT molecular complexity index is 1740. The molecule has 0 spiro atoms. The number of carbonyl (C=O) groups excluding carboxylic acids is 1. The van der Waals surface area contributed by atoms with Crippen LogP contribution in [0.15, 0.2) is 93.9 Å². The Morgan fingerprint density at radius 2 is 1.77 bits per heavy atom. The topological polar surface area (TPSA) is 69.9 Å². The summed E-state index contributed by atoms with van der Waals surface area (Å²) >= 11 is 7.28.